The van der Waals surface area contributed by atoms with Crippen molar-refractivity contribution in [1.29, 1.82) is 0 Å². The lowest BCUT2D eigenvalue weighted by molar-refractivity contribution is -0.119. The van der Waals surface area contributed by atoms with Gasteiger partial charge in [0.2, 0.25) is 5.91 Å². The second-order valence-corrected chi connectivity index (χ2v) is 9.47. The molecule has 0 unspecified atom stereocenters. The molecule has 3 heterocycles. The number of nitrogens with one attached hydrogen (secondary N) is 2. The third-order valence-corrected chi connectivity index (χ3v) is 6.63. The Balaban J connectivity index is 1.30. The van der Waals surface area contributed by atoms with E-state index in [-0.39, 0.29) is 30.6 Å². The van der Waals surface area contributed by atoms with E-state index in [1.807, 2.05) is 18.2 Å². The van der Waals surface area contributed by atoms with Gasteiger partial charge in [-0.15, -0.1) is 0 Å². The van der Waals surface area contributed by atoms with Crippen molar-refractivity contribution in [1.82, 2.24) is 25.2 Å². The van der Waals surface area contributed by atoms with E-state index in [4.69, 9.17) is 0 Å². The zero-order chi connectivity index (χ0) is 27.5. The zero-order valence-corrected chi connectivity index (χ0v) is 21.2. The number of halogens is 2. The Morgan fingerprint density at radius 3 is 2.67 bits per heavy atom. The topological polar surface area (TPSA) is 109 Å². The van der Waals surface area contributed by atoms with Crippen LogP contribution in [0.15, 0.2) is 65.8 Å². The third kappa shape index (κ3) is 5.77. The third-order valence-electron chi connectivity index (χ3n) is 6.63. The minimum absolute atomic E-state index is 0.0100. The Labute approximate surface area is 222 Å². The van der Waals surface area contributed by atoms with Gasteiger partial charge in [0.25, 0.3) is 11.5 Å². The molecular weight excluding hydrogens is 506 g/mol. The lowest BCUT2D eigenvalue weighted by Crippen LogP contribution is -2.35. The molecule has 1 atom stereocenters. The van der Waals surface area contributed by atoms with Crippen molar-refractivity contribution >= 4 is 28.5 Å². The predicted molar refractivity (Wildman–Crippen MR) is 141 cm³/mol. The second-order valence-electron chi connectivity index (χ2n) is 9.47. The fourth-order valence-corrected chi connectivity index (χ4v) is 4.76. The lowest BCUT2D eigenvalue weighted by atomic mass is 10.1. The SMILES string of the molecule is CC(=O)N[C@@H]1CCN(c2ncnc3ccc(CNC(=O)c4cccn(Cc5ccc(F)c(F)c5)c4=O)cc23)C1. The average molecular weight is 533 g/mol. The average Bonchev–Trinajstić information content (AvgIpc) is 3.37. The fourth-order valence-electron chi connectivity index (χ4n) is 4.76. The fraction of sp³-hybridized carbons (Fsp3) is 0.250. The molecule has 0 spiro atoms. The molecule has 0 aliphatic carbocycles. The van der Waals surface area contributed by atoms with Crippen molar-refractivity contribution in [2.75, 3.05) is 18.0 Å². The summed E-state index contributed by atoms with van der Waals surface area (Å²) in [7, 11) is 0. The van der Waals surface area contributed by atoms with Gasteiger partial charge in [0, 0.05) is 44.2 Å². The van der Waals surface area contributed by atoms with Crippen LogP contribution >= 0.6 is 0 Å². The molecule has 2 amide bonds. The molecule has 9 nitrogen and oxygen atoms in total. The van der Waals surface area contributed by atoms with Crippen LogP contribution < -0.4 is 21.1 Å². The summed E-state index contributed by atoms with van der Waals surface area (Å²) in [4.78, 5) is 48.2. The summed E-state index contributed by atoms with van der Waals surface area (Å²) in [5.74, 6) is -1.84. The molecule has 2 N–H and O–H groups in total. The van der Waals surface area contributed by atoms with Crippen LogP contribution in [0.3, 0.4) is 0 Å². The monoisotopic (exact) mass is 532 g/mol. The van der Waals surface area contributed by atoms with Crippen molar-refractivity contribution in [3.8, 4) is 0 Å². The highest BCUT2D eigenvalue weighted by atomic mass is 19.2. The van der Waals surface area contributed by atoms with E-state index in [2.05, 4.69) is 25.5 Å². The van der Waals surface area contributed by atoms with Crippen LogP contribution in [0.25, 0.3) is 10.9 Å². The number of carbonyl (C=O) groups is 2. The summed E-state index contributed by atoms with van der Waals surface area (Å²) < 4.78 is 28.1. The van der Waals surface area contributed by atoms with E-state index in [0.717, 1.165) is 47.4 Å². The molecule has 0 radical (unpaired) electrons. The first-order valence-electron chi connectivity index (χ1n) is 12.5. The Morgan fingerprint density at radius 1 is 1.05 bits per heavy atom. The Bertz CT molecular complexity index is 1620. The predicted octanol–water partition coefficient (Wildman–Crippen LogP) is 2.76. The summed E-state index contributed by atoms with van der Waals surface area (Å²) in [5, 5.41) is 6.55. The molecule has 1 aliphatic heterocycles. The van der Waals surface area contributed by atoms with E-state index in [1.54, 1.807) is 6.07 Å². The highest BCUT2D eigenvalue weighted by Gasteiger charge is 2.25. The largest absolute Gasteiger partial charge is 0.354 e. The first kappa shape index (κ1) is 26.0. The summed E-state index contributed by atoms with van der Waals surface area (Å²) in [6, 6.07) is 12.0. The number of aromatic nitrogens is 3. The Morgan fingerprint density at radius 2 is 1.87 bits per heavy atom. The molecule has 1 fully saturated rings. The quantitative estimate of drug-likeness (QED) is 0.379. The maximum atomic E-state index is 13.6. The van der Waals surface area contributed by atoms with Gasteiger partial charge in [-0.2, -0.15) is 0 Å². The Hall–Kier alpha value is -4.67. The van der Waals surface area contributed by atoms with Crippen LogP contribution in [-0.4, -0.2) is 45.5 Å². The number of nitrogens with zero attached hydrogens (tertiary/aromatic N) is 4. The van der Waals surface area contributed by atoms with Crippen molar-refractivity contribution in [3.05, 3.63) is 99.7 Å². The number of benzene rings is 2. The first-order chi connectivity index (χ1) is 18.8. The molecule has 1 saturated heterocycles. The lowest BCUT2D eigenvalue weighted by Gasteiger charge is -2.19. The van der Waals surface area contributed by atoms with Crippen LogP contribution in [0, 0.1) is 11.6 Å². The summed E-state index contributed by atoms with van der Waals surface area (Å²) >= 11 is 0. The van der Waals surface area contributed by atoms with E-state index < -0.39 is 23.1 Å². The van der Waals surface area contributed by atoms with Crippen molar-refractivity contribution in [2.24, 2.45) is 0 Å². The molecule has 1 aliphatic rings. The normalized spacial score (nSPS) is 14.9. The van der Waals surface area contributed by atoms with Crippen LogP contribution in [0.4, 0.5) is 14.6 Å². The first-order valence-corrected chi connectivity index (χ1v) is 12.5. The molecule has 2 aromatic heterocycles. The summed E-state index contributed by atoms with van der Waals surface area (Å²) in [5.41, 5.74) is 1.33. The van der Waals surface area contributed by atoms with Gasteiger partial charge in [0.1, 0.15) is 17.7 Å². The highest BCUT2D eigenvalue weighted by Crippen LogP contribution is 2.27. The van der Waals surface area contributed by atoms with E-state index >= 15 is 0 Å². The van der Waals surface area contributed by atoms with Crippen molar-refractivity contribution in [2.45, 2.75) is 32.5 Å². The molecular formula is C28H26F2N6O3. The standard InChI is InChI=1S/C28H26F2N6O3/c1-17(37)34-20-8-10-35(15-20)26-22-11-18(5-7-25(22)32-16-33-26)13-31-27(38)21-3-2-9-36(28(21)39)14-19-4-6-23(29)24(30)12-19/h2-7,9,11-12,16,20H,8,10,13-15H2,1H3,(H,31,38)(H,34,37)/t20-/m1/s1. The molecule has 2 aromatic carbocycles. The number of hydrogen-bond donors (Lipinski definition) is 2. The van der Waals surface area contributed by atoms with Gasteiger partial charge < -0.3 is 20.1 Å². The molecule has 11 heteroatoms. The van der Waals surface area contributed by atoms with E-state index in [9.17, 15) is 23.2 Å². The number of fused-ring (bicyclic) bond motifs is 1. The van der Waals surface area contributed by atoms with E-state index in [0.29, 0.717) is 12.1 Å². The number of amides is 2. The molecule has 200 valence electrons. The van der Waals surface area contributed by atoms with Gasteiger partial charge in [0.15, 0.2) is 11.6 Å². The minimum atomic E-state index is -1.00. The maximum absolute atomic E-state index is 13.6. The van der Waals surface area contributed by atoms with Gasteiger partial charge >= 0.3 is 0 Å². The summed E-state index contributed by atoms with van der Waals surface area (Å²) in [6.07, 6.45) is 3.80. The minimum Gasteiger partial charge on any atom is -0.354 e. The molecule has 4 aromatic rings. The maximum Gasteiger partial charge on any atom is 0.263 e. The van der Waals surface area contributed by atoms with Crippen LogP contribution in [0.1, 0.15) is 34.8 Å². The zero-order valence-electron chi connectivity index (χ0n) is 21.2. The van der Waals surface area contributed by atoms with Gasteiger partial charge in [-0.1, -0.05) is 12.1 Å². The number of anilines is 1. The second kappa shape index (κ2) is 11.0. The van der Waals surface area contributed by atoms with Crippen molar-refractivity contribution in [3.63, 3.8) is 0 Å². The van der Waals surface area contributed by atoms with Crippen LogP contribution in [0.5, 0.6) is 0 Å². The Kier molecular flexibility index (Phi) is 7.31. The number of hydrogen-bond acceptors (Lipinski definition) is 6. The summed E-state index contributed by atoms with van der Waals surface area (Å²) in [6.45, 7) is 3.03. The van der Waals surface area contributed by atoms with Crippen LogP contribution in [0.2, 0.25) is 0 Å². The molecule has 0 saturated carbocycles. The highest BCUT2D eigenvalue weighted by molar-refractivity contribution is 5.94. The van der Waals surface area contributed by atoms with Gasteiger partial charge in [-0.05, 0) is 53.9 Å². The van der Waals surface area contributed by atoms with Gasteiger partial charge in [-0.25, -0.2) is 18.7 Å². The van der Waals surface area contributed by atoms with Crippen LogP contribution in [-0.2, 0) is 17.9 Å². The molecule has 5 rings (SSSR count). The van der Waals surface area contributed by atoms with E-state index in [1.165, 1.54) is 36.1 Å². The smallest absolute Gasteiger partial charge is 0.263 e. The molecule has 0 bridgehead atoms. The van der Waals surface area contributed by atoms with Crippen molar-refractivity contribution < 1.29 is 18.4 Å². The molecule has 39 heavy (non-hydrogen) atoms. The van der Waals surface area contributed by atoms with Gasteiger partial charge in [0.05, 0.1) is 12.1 Å². The van der Waals surface area contributed by atoms with Gasteiger partial charge in [-0.3, -0.25) is 14.4 Å². The number of rotatable bonds is 7. The number of carbonyl (C=O) groups excluding carboxylic acids is 2. The number of pyridine rings is 1.